The number of aryl methyl sites for hydroxylation is 3. The Bertz CT molecular complexity index is 907. The maximum Gasteiger partial charge on any atom is 0.261 e. The van der Waals surface area contributed by atoms with Gasteiger partial charge in [-0.15, -0.1) is 0 Å². The molecule has 1 amide bonds. The van der Waals surface area contributed by atoms with Gasteiger partial charge in [0.2, 0.25) is 5.91 Å². The smallest absolute Gasteiger partial charge is 0.261 e. The van der Waals surface area contributed by atoms with Crippen molar-refractivity contribution in [3.8, 4) is 0 Å². The molecule has 4 rings (SSSR count). The molecule has 2 saturated heterocycles. The predicted molar refractivity (Wildman–Crippen MR) is 103 cm³/mol. The van der Waals surface area contributed by atoms with Crippen molar-refractivity contribution in [3.63, 3.8) is 0 Å². The standard InChI is InChI=1S/C20H28F2N6O/c1-15-9-17(26(3)24-15)11-28-8-4-6-19(18(28)29)12-20(21,22)14-27(13-19)10-16-5-7-23-25(16)2/h5,7,9H,4,6,8,10-14H2,1-3H3/t19-/m0/s1. The van der Waals surface area contributed by atoms with Crippen LogP contribution in [-0.2, 0) is 32.0 Å². The van der Waals surface area contributed by atoms with Crippen molar-refractivity contribution in [1.82, 2.24) is 29.4 Å². The van der Waals surface area contributed by atoms with Gasteiger partial charge in [-0.2, -0.15) is 10.2 Å². The molecule has 158 valence electrons. The Labute approximate surface area is 169 Å². The Morgan fingerprint density at radius 1 is 1.14 bits per heavy atom. The van der Waals surface area contributed by atoms with E-state index >= 15 is 0 Å². The third-order valence-electron chi connectivity index (χ3n) is 6.16. The van der Waals surface area contributed by atoms with Crippen LogP contribution in [0.15, 0.2) is 18.3 Å². The topological polar surface area (TPSA) is 59.2 Å². The SMILES string of the molecule is Cc1cc(CN2CCC[C@]3(CN(Cc4ccnn4C)CC(F)(F)C3)C2=O)n(C)n1. The van der Waals surface area contributed by atoms with Gasteiger partial charge in [-0.05, 0) is 31.9 Å². The Kier molecular flexibility index (Phi) is 4.96. The van der Waals surface area contributed by atoms with Crippen molar-refractivity contribution >= 4 is 5.91 Å². The molecular weight excluding hydrogens is 378 g/mol. The lowest BCUT2D eigenvalue weighted by Crippen LogP contribution is -2.60. The highest BCUT2D eigenvalue weighted by Gasteiger charge is 2.55. The molecule has 2 aromatic rings. The average Bonchev–Trinajstić information content (AvgIpc) is 3.15. The van der Waals surface area contributed by atoms with Gasteiger partial charge in [-0.1, -0.05) is 0 Å². The molecule has 7 nitrogen and oxygen atoms in total. The summed E-state index contributed by atoms with van der Waals surface area (Å²) in [6, 6.07) is 3.78. The van der Waals surface area contributed by atoms with Gasteiger partial charge in [0, 0.05) is 46.3 Å². The first-order valence-corrected chi connectivity index (χ1v) is 10.0. The second kappa shape index (κ2) is 7.19. The number of alkyl halides is 2. The quantitative estimate of drug-likeness (QED) is 0.781. The normalized spacial score (nSPS) is 25.1. The van der Waals surface area contributed by atoms with Crippen LogP contribution in [-0.4, -0.2) is 60.8 Å². The van der Waals surface area contributed by atoms with Gasteiger partial charge in [-0.25, -0.2) is 8.78 Å². The summed E-state index contributed by atoms with van der Waals surface area (Å²) in [6.07, 6.45) is 2.53. The lowest BCUT2D eigenvalue weighted by Gasteiger charge is -2.49. The fraction of sp³-hybridized carbons (Fsp3) is 0.650. The van der Waals surface area contributed by atoms with Gasteiger partial charge in [0.05, 0.1) is 35.6 Å². The second-order valence-corrected chi connectivity index (χ2v) is 8.64. The summed E-state index contributed by atoms with van der Waals surface area (Å²) < 4.78 is 33.0. The zero-order chi connectivity index (χ0) is 20.8. The monoisotopic (exact) mass is 406 g/mol. The third kappa shape index (κ3) is 3.92. The number of rotatable bonds is 4. The van der Waals surface area contributed by atoms with Crippen LogP contribution in [0.25, 0.3) is 0 Å². The summed E-state index contributed by atoms with van der Waals surface area (Å²) in [7, 11) is 3.65. The Balaban J connectivity index is 1.56. The maximum absolute atomic E-state index is 14.8. The van der Waals surface area contributed by atoms with E-state index in [1.54, 1.807) is 32.4 Å². The molecule has 2 aliphatic rings. The van der Waals surface area contributed by atoms with E-state index in [-0.39, 0.29) is 18.9 Å². The van der Waals surface area contributed by atoms with Gasteiger partial charge in [0.15, 0.2) is 0 Å². The van der Waals surface area contributed by atoms with Crippen LogP contribution in [0.2, 0.25) is 0 Å². The van der Waals surface area contributed by atoms with Crippen molar-refractivity contribution in [1.29, 1.82) is 0 Å². The molecule has 0 bridgehead atoms. The van der Waals surface area contributed by atoms with E-state index in [2.05, 4.69) is 10.2 Å². The van der Waals surface area contributed by atoms with Crippen LogP contribution in [0.3, 0.4) is 0 Å². The fourth-order valence-corrected chi connectivity index (χ4v) is 4.94. The van der Waals surface area contributed by atoms with Gasteiger partial charge in [-0.3, -0.25) is 19.1 Å². The lowest BCUT2D eigenvalue weighted by atomic mass is 9.71. The van der Waals surface area contributed by atoms with Gasteiger partial charge >= 0.3 is 0 Å². The summed E-state index contributed by atoms with van der Waals surface area (Å²) in [5.74, 6) is -3.05. The molecule has 1 spiro atoms. The van der Waals surface area contributed by atoms with E-state index in [9.17, 15) is 13.6 Å². The van der Waals surface area contributed by atoms with Crippen molar-refractivity contribution in [2.24, 2.45) is 19.5 Å². The van der Waals surface area contributed by atoms with Crippen LogP contribution in [0.5, 0.6) is 0 Å². The zero-order valence-electron chi connectivity index (χ0n) is 17.2. The highest BCUT2D eigenvalue weighted by atomic mass is 19.3. The summed E-state index contributed by atoms with van der Waals surface area (Å²) in [6.45, 7) is 3.30. The largest absolute Gasteiger partial charge is 0.336 e. The number of amides is 1. The summed E-state index contributed by atoms with van der Waals surface area (Å²) in [4.78, 5) is 16.9. The van der Waals surface area contributed by atoms with E-state index in [0.717, 1.165) is 23.5 Å². The Morgan fingerprint density at radius 2 is 1.93 bits per heavy atom. The minimum Gasteiger partial charge on any atom is -0.336 e. The van der Waals surface area contributed by atoms with Crippen LogP contribution >= 0.6 is 0 Å². The van der Waals surface area contributed by atoms with Crippen molar-refractivity contribution in [2.75, 3.05) is 19.6 Å². The number of carbonyl (C=O) groups is 1. The molecule has 29 heavy (non-hydrogen) atoms. The van der Waals surface area contributed by atoms with E-state index in [4.69, 9.17) is 0 Å². The van der Waals surface area contributed by atoms with Crippen LogP contribution in [0.4, 0.5) is 8.78 Å². The number of nitrogens with zero attached hydrogens (tertiary/aromatic N) is 6. The van der Waals surface area contributed by atoms with E-state index in [1.807, 2.05) is 26.1 Å². The lowest BCUT2D eigenvalue weighted by molar-refractivity contribution is -0.171. The van der Waals surface area contributed by atoms with Crippen LogP contribution < -0.4 is 0 Å². The van der Waals surface area contributed by atoms with E-state index in [0.29, 0.717) is 32.6 Å². The molecular formula is C20H28F2N6O. The first kappa shape index (κ1) is 20.0. The third-order valence-corrected chi connectivity index (χ3v) is 6.16. The number of hydrogen-bond acceptors (Lipinski definition) is 4. The Morgan fingerprint density at radius 3 is 2.59 bits per heavy atom. The van der Waals surface area contributed by atoms with Crippen molar-refractivity contribution in [2.45, 2.75) is 45.2 Å². The van der Waals surface area contributed by atoms with E-state index in [1.165, 1.54) is 0 Å². The predicted octanol–water partition coefficient (Wildman–Crippen LogP) is 2.11. The maximum atomic E-state index is 14.8. The van der Waals surface area contributed by atoms with Crippen LogP contribution in [0, 0.1) is 12.3 Å². The fourth-order valence-electron chi connectivity index (χ4n) is 4.94. The highest BCUT2D eigenvalue weighted by Crippen LogP contribution is 2.45. The average molecular weight is 406 g/mol. The van der Waals surface area contributed by atoms with Gasteiger partial charge in [0.1, 0.15) is 0 Å². The molecule has 9 heteroatoms. The Hall–Kier alpha value is -2.29. The molecule has 0 radical (unpaired) electrons. The number of aromatic nitrogens is 4. The summed E-state index contributed by atoms with van der Waals surface area (Å²) in [5.41, 5.74) is 1.63. The number of carbonyl (C=O) groups excluding carboxylic acids is 1. The van der Waals surface area contributed by atoms with Gasteiger partial charge in [0.25, 0.3) is 5.92 Å². The second-order valence-electron chi connectivity index (χ2n) is 8.64. The first-order chi connectivity index (χ1) is 13.7. The summed E-state index contributed by atoms with van der Waals surface area (Å²) in [5, 5.41) is 8.46. The van der Waals surface area contributed by atoms with Crippen molar-refractivity contribution < 1.29 is 13.6 Å². The summed E-state index contributed by atoms with van der Waals surface area (Å²) >= 11 is 0. The van der Waals surface area contributed by atoms with E-state index < -0.39 is 11.3 Å². The molecule has 4 heterocycles. The number of likely N-dealkylation sites (tertiary alicyclic amines) is 2. The zero-order valence-corrected chi connectivity index (χ0v) is 17.2. The minimum atomic E-state index is -2.89. The molecule has 0 aromatic carbocycles. The number of halogens is 2. The molecule has 0 N–H and O–H groups in total. The highest BCUT2D eigenvalue weighted by molar-refractivity contribution is 5.84. The minimum absolute atomic E-state index is 0.156. The molecule has 2 aliphatic heterocycles. The molecule has 2 fully saturated rings. The molecule has 0 unspecified atom stereocenters. The number of hydrogen-bond donors (Lipinski definition) is 0. The molecule has 0 saturated carbocycles. The van der Waals surface area contributed by atoms with Gasteiger partial charge < -0.3 is 4.90 Å². The van der Waals surface area contributed by atoms with Crippen molar-refractivity contribution in [3.05, 3.63) is 35.4 Å². The number of piperidine rings is 2. The molecule has 0 aliphatic carbocycles. The first-order valence-electron chi connectivity index (χ1n) is 10.0. The molecule has 1 atom stereocenters. The van der Waals surface area contributed by atoms with Crippen LogP contribution in [0.1, 0.15) is 36.3 Å². The molecule has 2 aromatic heterocycles.